The van der Waals surface area contributed by atoms with Crippen molar-refractivity contribution in [1.29, 1.82) is 0 Å². The normalized spacial score (nSPS) is 10.8. The van der Waals surface area contributed by atoms with Crippen molar-refractivity contribution in [2.24, 2.45) is 0 Å². The van der Waals surface area contributed by atoms with E-state index in [9.17, 15) is 4.79 Å². The Bertz CT molecular complexity index is 975. The fourth-order valence-corrected chi connectivity index (χ4v) is 3.41. The minimum Gasteiger partial charge on any atom is -0.493 e. The van der Waals surface area contributed by atoms with Gasteiger partial charge >= 0.3 is 0 Å². The first-order valence-electron chi connectivity index (χ1n) is 7.95. The molecule has 1 heterocycles. The number of aromatic nitrogens is 2. The van der Waals surface area contributed by atoms with Crippen LogP contribution in [0.25, 0.3) is 10.9 Å². The quantitative estimate of drug-likeness (QED) is 0.489. The number of methoxy groups -OCH3 is 3. The Balaban J connectivity index is 2.14. The van der Waals surface area contributed by atoms with Gasteiger partial charge in [-0.1, -0.05) is 23.9 Å². The van der Waals surface area contributed by atoms with Crippen molar-refractivity contribution in [1.82, 2.24) is 9.55 Å². The molecule has 3 rings (SSSR count). The molecule has 0 atom stereocenters. The maximum Gasteiger partial charge on any atom is 0.262 e. The molecule has 0 bridgehead atoms. The number of nitrogens with zero attached hydrogens (tertiary/aromatic N) is 2. The molecule has 0 N–H and O–H groups in total. The second-order valence-corrected chi connectivity index (χ2v) is 6.31. The topological polar surface area (TPSA) is 62.6 Å². The lowest BCUT2D eigenvalue weighted by Gasteiger charge is -2.16. The molecule has 0 spiro atoms. The highest BCUT2D eigenvalue weighted by Crippen LogP contribution is 2.38. The van der Waals surface area contributed by atoms with Gasteiger partial charge in [-0.25, -0.2) is 4.98 Å². The number of para-hydroxylation sites is 1. The van der Waals surface area contributed by atoms with E-state index in [2.05, 4.69) is 4.98 Å². The van der Waals surface area contributed by atoms with E-state index in [1.807, 2.05) is 36.6 Å². The van der Waals surface area contributed by atoms with Crippen LogP contribution in [0, 0.1) is 0 Å². The third-order valence-corrected chi connectivity index (χ3v) is 4.75. The molecule has 0 saturated carbocycles. The molecule has 136 valence electrons. The second-order valence-electron chi connectivity index (χ2n) is 5.54. The highest BCUT2D eigenvalue weighted by atomic mass is 32.2. The molecule has 3 aromatic rings. The summed E-state index contributed by atoms with van der Waals surface area (Å²) < 4.78 is 17.8. The van der Waals surface area contributed by atoms with Gasteiger partial charge in [0.1, 0.15) is 0 Å². The van der Waals surface area contributed by atoms with Gasteiger partial charge < -0.3 is 14.2 Å². The van der Waals surface area contributed by atoms with Crippen molar-refractivity contribution in [2.75, 3.05) is 27.6 Å². The highest BCUT2D eigenvalue weighted by molar-refractivity contribution is 7.98. The summed E-state index contributed by atoms with van der Waals surface area (Å²) in [5.74, 6) is 1.62. The molecule has 0 saturated heterocycles. The van der Waals surface area contributed by atoms with Gasteiger partial charge in [0.2, 0.25) is 5.75 Å². The first kappa shape index (κ1) is 18.1. The van der Waals surface area contributed by atoms with Crippen molar-refractivity contribution in [3.05, 3.63) is 52.3 Å². The minimum atomic E-state index is -0.0753. The molecule has 0 aliphatic heterocycles. The Labute approximate surface area is 155 Å². The maximum atomic E-state index is 13.0. The third-order valence-electron chi connectivity index (χ3n) is 4.07. The summed E-state index contributed by atoms with van der Waals surface area (Å²) >= 11 is 1.44. The summed E-state index contributed by atoms with van der Waals surface area (Å²) in [6.45, 7) is 0.351. The monoisotopic (exact) mass is 372 g/mol. The van der Waals surface area contributed by atoms with Gasteiger partial charge in [-0.3, -0.25) is 9.36 Å². The highest BCUT2D eigenvalue weighted by Gasteiger charge is 2.16. The third kappa shape index (κ3) is 3.22. The lowest BCUT2D eigenvalue weighted by molar-refractivity contribution is 0.323. The first-order chi connectivity index (χ1) is 12.6. The summed E-state index contributed by atoms with van der Waals surface area (Å²) in [4.78, 5) is 17.6. The number of hydrogen-bond donors (Lipinski definition) is 0. The van der Waals surface area contributed by atoms with Crippen LogP contribution < -0.4 is 19.8 Å². The Kier molecular flexibility index (Phi) is 5.37. The molecule has 6 nitrogen and oxygen atoms in total. The molecule has 0 aliphatic carbocycles. The van der Waals surface area contributed by atoms with Crippen LogP contribution in [-0.2, 0) is 6.54 Å². The minimum absolute atomic E-state index is 0.0753. The van der Waals surface area contributed by atoms with Gasteiger partial charge in [0.05, 0.1) is 38.8 Å². The molecule has 26 heavy (non-hydrogen) atoms. The second kappa shape index (κ2) is 7.70. The summed E-state index contributed by atoms with van der Waals surface area (Å²) in [6.07, 6.45) is 1.90. The molecule has 2 aromatic carbocycles. The van der Waals surface area contributed by atoms with E-state index in [1.165, 1.54) is 11.8 Å². The Morgan fingerprint density at radius 2 is 1.69 bits per heavy atom. The van der Waals surface area contributed by atoms with Crippen LogP contribution in [0.4, 0.5) is 0 Å². The lowest BCUT2D eigenvalue weighted by atomic mass is 10.1. The van der Waals surface area contributed by atoms with E-state index in [-0.39, 0.29) is 5.56 Å². The molecule has 0 fully saturated rings. The van der Waals surface area contributed by atoms with Gasteiger partial charge in [0, 0.05) is 0 Å². The summed E-state index contributed by atoms with van der Waals surface area (Å²) in [6, 6.07) is 11.0. The summed E-state index contributed by atoms with van der Waals surface area (Å²) in [7, 11) is 4.69. The van der Waals surface area contributed by atoms with Crippen LogP contribution in [-0.4, -0.2) is 37.1 Å². The molecule has 0 unspecified atom stereocenters. The summed E-state index contributed by atoms with van der Waals surface area (Å²) in [5.41, 5.74) is 1.48. The van der Waals surface area contributed by atoms with Gasteiger partial charge in [-0.15, -0.1) is 0 Å². The van der Waals surface area contributed by atoms with Crippen molar-refractivity contribution in [3.63, 3.8) is 0 Å². The standard InChI is InChI=1S/C19H20N2O4S/c1-23-15-9-12(10-16(24-2)17(15)25-3)11-21-18(22)13-7-5-6-8-14(13)20-19(21)26-4/h5-10H,11H2,1-4H3. The maximum absolute atomic E-state index is 13.0. The van der Waals surface area contributed by atoms with Crippen LogP contribution in [0.3, 0.4) is 0 Å². The van der Waals surface area contributed by atoms with Crippen LogP contribution in [0.1, 0.15) is 5.56 Å². The van der Waals surface area contributed by atoms with Gasteiger partial charge in [-0.05, 0) is 36.1 Å². The number of benzene rings is 2. The number of fused-ring (bicyclic) bond motifs is 1. The number of rotatable bonds is 6. The number of thioether (sulfide) groups is 1. The van der Waals surface area contributed by atoms with Crippen molar-refractivity contribution in [3.8, 4) is 17.2 Å². The zero-order valence-electron chi connectivity index (χ0n) is 15.1. The van der Waals surface area contributed by atoms with Crippen LogP contribution in [0.15, 0.2) is 46.3 Å². The zero-order valence-corrected chi connectivity index (χ0v) is 15.9. The largest absolute Gasteiger partial charge is 0.493 e. The van der Waals surface area contributed by atoms with Crippen LogP contribution in [0.5, 0.6) is 17.2 Å². The molecular weight excluding hydrogens is 352 g/mol. The summed E-state index contributed by atoms with van der Waals surface area (Å²) in [5, 5.41) is 1.25. The predicted octanol–water partition coefficient (Wildman–Crippen LogP) is 3.19. The fourth-order valence-electron chi connectivity index (χ4n) is 2.85. The Morgan fingerprint density at radius 1 is 1.04 bits per heavy atom. The molecule has 0 radical (unpaired) electrons. The van der Waals surface area contributed by atoms with E-state index >= 15 is 0 Å². The van der Waals surface area contributed by atoms with Gasteiger partial charge in [0.25, 0.3) is 5.56 Å². The molecule has 0 amide bonds. The van der Waals surface area contributed by atoms with Crippen LogP contribution >= 0.6 is 11.8 Å². The Hall–Kier alpha value is -2.67. The predicted molar refractivity (Wildman–Crippen MR) is 103 cm³/mol. The average molecular weight is 372 g/mol. The first-order valence-corrected chi connectivity index (χ1v) is 9.17. The van der Waals surface area contributed by atoms with Crippen molar-refractivity contribution >= 4 is 22.7 Å². The molecule has 1 aromatic heterocycles. The van der Waals surface area contributed by atoms with Crippen molar-refractivity contribution < 1.29 is 14.2 Å². The van der Waals surface area contributed by atoms with E-state index in [4.69, 9.17) is 14.2 Å². The molecule has 0 aliphatic rings. The smallest absolute Gasteiger partial charge is 0.262 e. The lowest BCUT2D eigenvalue weighted by Crippen LogP contribution is -2.23. The van der Waals surface area contributed by atoms with E-state index < -0.39 is 0 Å². The average Bonchev–Trinajstić information content (AvgIpc) is 2.69. The van der Waals surface area contributed by atoms with Gasteiger partial charge in [-0.2, -0.15) is 0 Å². The van der Waals surface area contributed by atoms with Crippen molar-refractivity contribution in [2.45, 2.75) is 11.7 Å². The van der Waals surface area contributed by atoms with E-state index in [0.29, 0.717) is 39.9 Å². The van der Waals surface area contributed by atoms with Crippen LogP contribution in [0.2, 0.25) is 0 Å². The molecule has 7 heteroatoms. The number of ether oxygens (including phenoxy) is 3. The van der Waals surface area contributed by atoms with E-state index in [0.717, 1.165) is 5.56 Å². The van der Waals surface area contributed by atoms with Gasteiger partial charge in [0.15, 0.2) is 16.7 Å². The SMILES string of the molecule is COc1cc(Cn2c(SC)nc3ccccc3c2=O)cc(OC)c1OC. The molecular formula is C19H20N2O4S. The number of hydrogen-bond acceptors (Lipinski definition) is 6. The Morgan fingerprint density at radius 3 is 2.27 bits per heavy atom. The zero-order chi connectivity index (χ0) is 18.7. The fraction of sp³-hybridized carbons (Fsp3) is 0.263. The van der Waals surface area contributed by atoms with E-state index in [1.54, 1.807) is 32.0 Å².